The number of rotatable bonds is 4. The van der Waals surface area contributed by atoms with Crippen LogP contribution in [0.3, 0.4) is 0 Å². The number of hydrogen-bond acceptors (Lipinski definition) is 1. The minimum Gasteiger partial charge on any atom is -0.159 e. The molecule has 0 unspecified atom stereocenters. The third kappa shape index (κ3) is 2.60. The SMILES string of the molecule is CCS(c1ccccc1)(c1ccccc1)c1cccc2c1sc1ccccc12. The molecule has 0 fully saturated rings. The van der Waals surface area contributed by atoms with E-state index in [2.05, 4.69) is 110 Å². The van der Waals surface area contributed by atoms with Crippen LogP contribution < -0.4 is 0 Å². The molecular formula is C26H22S2. The van der Waals surface area contributed by atoms with Gasteiger partial charge in [-0.05, 0) is 51.9 Å². The van der Waals surface area contributed by atoms with Crippen LogP contribution in [0.4, 0.5) is 0 Å². The Hall–Kier alpha value is -2.55. The number of hydrogen-bond donors (Lipinski definition) is 0. The summed E-state index contributed by atoms with van der Waals surface area (Å²) in [6.07, 6.45) is 0. The van der Waals surface area contributed by atoms with Gasteiger partial charge in [0.25, 0.3) is 0 Å². The zero-order chi connectivity index (χ0) is 19.0. The molecule has 0 bridgehead atoms. The van der Waals surface area contributed by atoms with Crippen molar-refractivity contribution in [2.24, 2.45) is 0 Å². The first-order valence-electron chi connectivity index (χ1n) is 9.66. The van der Waals surface area contributed by atoms with Gasteiger partial charge in [0, 0.05) is 25.1 Å². The molecule has 0 N–H and O–H groups in total. The van der Waals surface area contributed by atoms with Gasteiger partial charge in [0.05, 0.1) is 0 Å². The minimum atomic E-state index is -1.33. The molecular weight excluding hydrogens is 376 g/mol. The fourth-order valence-electron chi connectivity index (χ4n) is 4.18. The topological polar surface area (TPSA) is 0 Å². The molecule has 0 atom stereocenters. The smallest absolute Gasteiger partial charge is 0.0482 e. The van der Waals surface area contributed by atoms with Gasteiger partial charge in [-0.25, -0.2) is 0 Å². The summed E-state index contributed by atoms with van der Waals surface area (Å²) in [7, 11) is -1.33. The second kappa shape index (κ2) is 7.12. The first kappa shape index (κ1) is 17.5. The lowest BCUT2D eigenvalue weighted by molar-refractivity contribution is 1.27. The maximum absolute atomic E-state index is 2.37. The minimum absolute atomic E-state index is 1.09. The Labute approximate surface area is 171 Å². The second-order valence-electron chi connectivity index (χ2n) is 6.89. The van der Waals surface area contributed by atoms with Gasteiger partial charge in [0.1, 0.15) is 0 Å². The number of benzene rings is 4. The highest BCUT2D eigenvalue weighted by Crippen LogP contribution is 2.69. The summed E-state index contributed by atoms with van der Waals surface area (Å²) in [4.78, 5) is 4.37. The first-order chi connectivity index (χ1) is 13.8. The molecule has 0 aliphatic heterocycles. The van der Waals surface area contributed by atoms with Gasteiger partial charge in [-0.15, -0.1) is 11.3 Å². The molecule has 0 spiro atoms. The van der Waals surface area contributed by atoms with E-state index in [1.54, 1.807) is 0 Å². The Kier molecular flexibility index (Phi) is 4.46. The third-order valence-corrected chi connectivity index (χ3v) is 10.9. The highest BCUT2D eigenvalue weighted by atomic mass is 32.3. The summed E-state index contributed by atoms with van der Waals surface area (Å²) in [5, 5.41) is 2.75. The van der Waals surface area contributed by atoms with Crippen LogP contribution in [0, 0.1) is 0 Å². The molecule has 0 saturated carbocycles. The lowest BCUT2D eigenvalue weighted by atomic mass is 10.1. The van der Waals surface area contributed by atoms with Crippen molar-refractivity contribution in [2.75, 3.05) is 5.75 Å². The zero-order valence-corrected chi connectivity index (χ0v) is 17.5. The van der Waals surface area contributed by atoms with E-state index in [1.807, 2.05) is 11.3 Å². The summed E-state index contributed by atoms with van der Waals surface area (Å²) in [6, 6.07) is 37.9. The van der Waals surface area contributed by atoms with E-state index >= 15 is 0 Å². The zero-order valence-electron chi connectivity index (χ0n) is 15.8. The van der Waals surface area contributed by atoms with E-state index in [1.165, 1.54) is 34.9 Å². The van der Waals surface area contributed by atoms with Crippen LogP contribution in [0.25, 0.3) is 20.2 Å². The molecule has 4 aromatic carbocycles. The molecule has 5 rings (SSSR count). The van der Waals surface area contributed by atoms with Crippen molar-refractivity contribution in [3.8, 4) is 0 Å². The Morgan fingerprint density at radius 1 is 0.607 bits per heavy atom. The van der Waals surface area contributed by atoms with E-state index in [-0.39, 0.29) is 0 Å². The van der Waals surface area contributed by atoms with Gasteiger partial charge in [0.2, 0.25) is 0 Å². The largest absolute Gasteiger partial charge is 0.159 e. The lowest BCUT2D eigenvalue weighted by Gasteiger charge is -2.41. The number of thiophene rings is 1. The Bertz CT molecular complexity index is 1200. The highest BCUT2D eigenvalue weighted by Gasteiger charge is 2.31. The van der Waals surface area contributed by atoms with Crippen molar-refractivity contribution in [1.82, 2.24) is 0 Å². The molecule has 0 aliphatic carbocycles. The Balaban J connectivity index is 1.91. The standard InChI is InChI=1S/C26H22S2/c1-2-28(20-12-5-3-6-13-20,21-14-7-4-8-15-21)25-19-11-17-23-22-16-9-10-18-24(22)27-26(23)25/h3-19H,2H2,1H3. The van der Waals surface area contributed by atoms with Crippen LogP contribution in [0.1, 0.15) is 6.92 Å². The van der Waals surface area contributed by atoms with Crippen LogP contribution in [-0.4, -0.2) is 5.75 Å². The first-order valence-corrected chi connectivity index (χ1v) is 12.3. The van der Waals surface area contributed by atoms with Crippen LogP contribution in [0.5, 0.6) is 0 Å². The average molecular weight is 399 g/mol. The number of fused-ring (bicyclic) bond motifs is 3. The molecule has 28 heavy (non-hydrogen) atoms. The maximum Gasteiger partial charge on any atom is 0.0482 e. The van der Waals surface area contributed by atoms with Crippen molar-refractivity contribution < 1.29 is 0 Å². The van der Waals surface area contributed by atoms with Crippen LogP contribution in [0.2, 0.25) is 0 Å². The molecule has 0 radical (unpaired) electrons. The summed E-state index contributed by atoms with van der Waals surface area (Å²) in [6.45, 7) is 2.35. The van der Waals surface area contributed by atoms with E-state index in [0.717, 1.165) is 5.75 Å². The third-order valence-electron chi connectivity index (χ3n) is 5.47. The summed E-state index contributed by atoms with van der Waals surface area (Å²) >= 11 is 1.94. The Morgan fingerprint density at radius 3 is 1.82 bits per heavy atom. The summed E-state index contributed by atoms with van der Waals surface area (Å²) in [5.41, 5.74) is 0. The maximum atomic E-state index is 2.37. The monoisotopic (exact) mass is 398 g/mol. The van der Waals surface area contributed by atoms with E-state index in [4.69, 9.17) is 0 Å². The van der Waals surface area contributed by atoms with E-state index in [9.17, 15) is 0 Å². The quantitative estimate of drug-likeness (QED) is 0.285. The predicted molar refractivity (Wildman–Crippen MR) is 125 cm³/mol. The van der Waals surface area contributed by atoms with Gasteiger partial charge in [-0.1, -0.05) is 73.7 Å². The van der Waals surface area contributed by atoms with Crippen LogP contribution in [-0.2, 0) is 0 Å². The summed E-state index contributed by atoms with van der Waals surface area (Å²) < 4.78 is 2.81. The van der Waals surface area contributed by atoms with Gasteiger partial charge in [0.15, 0.2) is 0 Å². The van der Waals surface area contributed by atoms with Gasteiger partial charge in [-0.2, -0.15) is 10.0 Å². The molecule has 0 aliphatic rings. The predicted octanol–water partition coefficient (Wildman–Crippen LogP) is 8.36. The van der Waals surface area contributed by atoms with Gasteiger partial charge >= 0.3 is 0 Å². The lowest BCUT2D eigenvalue weighted by Crippen LogP contribution is -2.06. The van der Waals surface area contributed by atoms with Crippen molar-refractivity contribution in [2.45, 2.75) is 21.6 Å². The van der Waals surface area contributed by atoms with E-state index < -0.39 is 10.0 Å². The van der Waals surface area contributed by atoms with Crippen molar-refractivity contribution in [3.05, 3.63) is 103 Å². The van der Waals surface area contributed by atoms with Crippen molar-refractivity contribution in [1.29, 1.82) is 0 Å². The Morgan fingerprint density at radius 2 is 1.18 bits per heavy atom. The molecule has 1 heterocycles. The fourth-order valence-corrected chi connectivity index (χ4v) is 9.58. The molecule has 0 amide bonds. The van der Waals surface area contributed by atoms with Crippen molar-refractivity contribution >= 4 is 41.5 Å². The molecule has 2 heteroatoms. The molecule has 138 valence electrons. The van der Waals surface area contributed by atoms with Crippen LogP contribution >= 0.6 is 21.4 Å². The molecule has 0 saturated heterocycles. The molecule has 0 nitrogen and oxygen atoms in total. The van der Waals surface area contributed by atoms with E-state index in [0.29, 0.717) is 0 Å². The fraction of sp³-hybridized carbons (Fsp3) is 0.0769. The highest BCUT2D eigenvalue weighted by molar-refractivity contribution is 8.34. The molecule has 1 aromatic heterocycles. The van der Waals surface area contributed by atoms with Crippen LogP contribution in [0.15, 0.2) is 118 Å². The van der Waals surface area contributed by atoms with Gasteiger partial charge < -0.3 is 0 Å². The average Bonchev–Trinajstić information content (AvgIpc) is 3.16. The van der Waals surface area contributed by atoms with Crippen molar-refractivity contribution in [3.63, 3.8) is 0 Å². The van der Waals surface area contributed by atoms with Gasteiger partial charge in [-0.3, -0.25) is 0 Å². The normalized spacial score (nSPS) is 12.5. The second-order valence-corrected chi connectivity index (χ2v) is 11.4. The summed E-state index contributed by atoms with van der Waals surface area (Å²) in [5.74, 6) is 1.09. The molecule has 5 aromatic rings.